The van der Waals surface area contributed by atoms with Crippen molar-refractivity contribution in [1.29, 1.82) is 0 Å². The molecule has 4 atom stereocenters. The van der Waals surface area contributed by atoms with Gasteiger partial charge in [0, 0.05) is 81.0 Å². The number of phenols is 1. The standard InChI is InChI=1S/C53H72N8O8.4H2S/c1-12-60-44-16-15-34-26-39(44)40(46(60)41-28-54-19-17-36(41)30-68-11)27-52(4,5)31-69-50(66)42-14-13-20-61(56-42)49(65)43(24-33-22-37(34)25-38(62)23-33)55-47(63)45(32(2)3)58(10)48(64)35-18-21-59(29-35)51(67)53(6,7)57(8)9;;;;/h15-17,19,22-23,25-26,28,32,35,42-43,45,56,62H,12-14,18,20-21,24,27,29-31H2,1-11H3,(H,55,63);4*1H2/t35-,42-,43-,45-;;;;/m0..../s1. The molecule has 7 rings (SSSR count). The van der Waals surface area contributed by atoms with E-state index in [1.54, 1.807) is 37.4 Å². The Bertz CT molecular complexity index is 2610. The van der Waals surface area contributed by atoms with Crippen LogP contribution in [0.5, 0.6) is 5.75 Å². The van der Waals surface area contributed by atoms with Crippen molar-refractivity contribution in [1.82, 2.24) is 40.0 Å². The summed E-state index contributed by atoms with van der Waals surface area (Å²) in [5.74, 6) is -2.66. The Labute approximate surface area is 459 Å². The number of hydrogen-bond donors (Lipinski definition) is 3. The fourth-order valence-electron chi connectivity index (χ4n) is 10.3. The third-order valence-corrected chi connectivity index (χ3v) is 14.4. The van der Waals surface area contributed by atoms with E-state index in [0.29, 0.717) is 50.9 Å². The third kappa shape index (κ3) is 13.5. The Morgan fingerprint density at radius 1 is 1.00 bits per heavy atom. The number of esters is 1. The van der Waals surface area contributed by atoms with Gasteiger partial charge in [-0.05, 0) is 125 Å². The summed E-state index contributed by atoms with van der Waals surface area (Å²) in [5.41, 5.74) is 9.00. The number of nitrogens with zero attached hydrogens (tertiary/aromatic N) is 6. The first-order valence-electron chi connectivity index (χ1n) is 24.3. The Balaban J connectivity index is 0.00000352. The number of amides is 4. The van der Waals surface area contributed by atoms with E-state index in [0.717, 1.165) is 44.4 Å². The van der Waals surface area contributed by atoms with Crippen LogP contribution >= 0.6 is 54.0 Å². The summed E-state index contributed by atoms with van der Waals surface area (Å²) >= 11 is 0. The second kappa shape index (κ2) is 25.9. The first kappa shape index (κ1) is 62.9. The first-order chi connectivity index (χ1) is 32.6. The lowest BCUT2D eigenvalue weighted by atomic mass is 9.84. The highest BCUT2D eigenvalue weighted by Gasteiger charge is 2.43. The molecule has 3 N–H and O–H groups in total. The summed E-state index contributed by atoms with van der Waals surface area (Å²) in [6.45, 7) is 15.8. The number of aromatic nitrogens is 2. The number of aryl methyl sites for hydroxylation is 1. The number of hydrazine groups is 1. The molecule has 0 saturated carbocycles. The maximum absolute atomic E-state index is 14.8. The van der Waals surface area contributed by atoms with Crippen molar-refractivity contribution < 1.29 is 38.6 Å². The number of likely N-dealkylation sites (N-methyl/N-ethyl adjacent to an activating group) is 2. The minimum Gasteiger partial charge on any atom is -0.508 e. The molecule has 20 heteroatoms. The van der Waals surface area contributed by atoms with E-state index in [-0.39, 0.29) is 104 Å². The number of nitrogens with one attached hydrogen (secondary N) is 2. The number of phenolic OH excluding ortho intramolecular Hbond substituents is 1. The fourth-order valence-corrected chi connectivity index (χ4v) is 10.3. The van der Waals surface area contributed by atoms with E-state index < -0.39 is 52.8 Å². The number of aromatic hydroxyl groups is 1. The summed E-state index contributed by atoms with van der Waals surface area (Å²) in [7, 11) is 6.98. The number of cyclic esters (lactones) is 1. The van der Waals surface area contributed by atoms with Gasteiger partial charge in [-0.3, -0.25) is 38.9 Å². The van der Waals surface area contributed by atoms with E-state index in [4.69, 9.17) is 9.47 Å². The summed E-state index contributed by atoms with van der Waals surface area (Å²) in [6.07, 6.45) is 5.59. The van der Waals surface area contributed by atoms with Crippen LogP contribution in [0.2, 0.25) is 0 Å². The zero-order valence-corrected chi connectivity index (χ0v) is 48.3. The van der Waals surface area contributed by atoms with Crippen LogP contribution in [0.4, 0.5) is 0 Å². The second-order valence-electron chi connectivity index (χ2n) is 21.0. The van der Waals surface area contributed by atoms with Gasteiger partial charge >= 0.3 is 5.97 Å². The summed E-state index contributed by atoms with van der Waals surface area (Å²) < 4.78 is 14.0. The van der Waals surface area contributed by atoms with Gasteiger partial charge in [0.2, 0.25) is 17.7 Å². The quantitative estimate of drug-likeness (QED) is 0.150. The molecule has 0 aliphatic carbocycles. The summed E-state index contributed by atoms with van der Waals surface area (Å²) in [5, 5.41) is 16.8. The molecule has 4 amide bonds. The zero-order valence-electron chi connectivity index (χ0n) is 44.3. The second-order valence-corrected chi connectivity index (χ2v) is 21.0. The van der Waals surface area contributed by atoms with E-state index >= 15 is 0 Å². The fraction of sp³-hybridized carbons (Fsp3) is 0.547. The van der Waals surface area contributed by atoms with Gasteiger partial charge in [0.25, 0.3) is 5.91 Å². The van der Waals surface area contributed by atoms with Gasteiger partial charge in [0.1, 0.15) is 23.9 Å². The smallest absolute Gasteiger partial charge is 0.324 e. The van der Waals surface area contributed by atoms with Crippen LogP contribution in [0, 0.1) is 17.3 Å². The van der Waals surface area contributed by atoms with Gasteiger partial charge in [0.05, 0.1) is 30.4 Å². The lowest BCUT2D eigenvalue weighted by molar-refractivity contribution is -0.155. The molecule has 2 aromatic carbocycles. The van der Waals surface area contributed by atoms with Crippen molar-refractivity contribution in [2.75, 3.05) is 54.5 Å². The van der Waals surface area contributed by atoms with Crippen molar-refractivity contribution in [2.45, 2.75) is 117 Å². The van der Waals surface area contributed by atoms with Crippen LogP contribution in [0.3, 0.4) is 0 Å². The van der Waals surface area contributed by atoms with Gasteiger partial charge in [-0.25, -0.2) is 5.43 Å². The lowest BCUT2D eigenvalue weighted by Crippen LogP contribution is -2.62. The average molecular weight is 1090 g/mol. The van der Waals surface area contributed by atoms with Crippen LogP contribution in [-0.2, 0) is 59.4 Å². The molecule has 0 radical (unpaired) electrons. The monoisotopic (exact) mass is 1080 g/mol. The minimum absolute atomic E-state index is 0. The summed E-state index contributed by atoms with van der Waals surface area (Å²) in [6, 6.07) is 10.5. The largest absolute Gasteiger partial charge is 0.508 e. The Hall–Kier alpha value is -4.44. The predicted molar refractivity (Wildman–Crippen MR) is 306 cm³/mol. The average Bonchev–Trinajstić information content (AvgIpc) is 3.92. The molecule has 4 aromatic rings. The number of fused-ring (bicyclic) bond motifs is 6. The van der Waals surface area contributed by atoms with Crippen molar-refractivity contribution in [3.05, 3.63) is 71.5 Å². The Morgan fingerprint density at radius 3 is 2.37 bits per heavy atom. The van der Waals surface area contributed by atoms with Crippen molar-refractivity contribution in [3.63, 3.8) is 0 Å². The third-order valence-electron chi connectivity index (χ3n) is 14.4. The van der Waals surface area contributed by atoms with Gasteiger partial charge in [-0.2, -0.15) is 54.0 Å². The molecule has 3 aliphatic rings. The number of benzene rings is 2. The number of carbonyl (C=O) groups excluding carboxylic acids is 5. The lowest BCUT2D eigenvalue weighted by Gasteiger charge is -2.37. The Kier molecular flexibility index (Phi) is 22.3. The van der Waals surface area contributed by atoms with Crippen LogP contribution in [-0.4, -0.2) is 142 Å². The van der Waals surface area contributed by atoms with Gasteiger partial charge in [-0.15, -0.1) is 0 Å². The molecular formula is C53H80N8O8S4. The number of hydrogen-bond acceptors (Lipinski definition) is 11. The number of ether oxygens (including phenoxy) is 2. The molecule has 2 saturated heterocycles. The van der Waals surface area contributed by atoms with E-state index in [1.165, 1.54) is 9.91 Å². The molecule has 0 spiro atoms. The van der Waals surface area contributed by atoms with Gasteiger partial charge < -0.3 is 34.3 Å². The summed E-state index contributed by atoms with van der Waals surface area (Å²) in [4.78, 5) is 80.7. The molecule has 6 bridgehead atoms. The molecule has 16 nitrogen and oxygen atoms in total. The molecule has 5 heterocycles. The van der Waals surface area contributed by atoms with Crippen molar-refractivity contribution >= 4 is 94.5 Å². The number of methoxy groups -OCH3 is 1. The number of pyridine rings is 1. The predicted octanol–water partition coefficient (Wildman–Crippen LogP) is 6.01. The highest BCUT2D eigenvalue weighted by atomic mass is 32.1. The number of likely N-dealkylation sites (tertiary alicyclic amines) is 1. The molecule has 73 heavy (non-hydrogen) atoms. The molecule has 2 fully saturated rings. The topological polar surface area (TPSA) is 179 Å². The number of carbonyl (C=O) groups is 5. The van der Waals surface area contributed by atoms with Gasteiger partial charge in [-0.1, -0.05) is 39.8 Å². The molecular weight excluding hydrogens is 1000 g/mol. The van der Waals surface area contributed by atoms with Crippen molar-refractivity contribution in [3.8, 4) is 28.1 Å². The van der Waals surface area contributed by atoms with Crippen LogP contribution < -0.4 is 10.7 Å². The first-order valence-corrected chi connectivity index (χ1v) is 24.3. The maximum atomic E-state index is 14.8. The van der Waals surface area contributed by atoms with Gasteiger partial charge in [0.15, 0.2) is 0 Å². The SMILES string of the molecule is CCn1c(-c2cnccc2COC)c2c3cc(ccc31)-c1cc(O)cc(c1)C[C@H](NC(=O)[C@H](C(C)C)N(C)C(=O)[C@H]1CCN(C(=O)C(C)(C)N(C)C)C1)C(=O)N1CCC[C@H](N1)C(=O)OCC(C)(C)C2.S.S.S.S. The Morgan fingerprint density at radius 2 is 1.71 bits per heavy atom. The van der Waals surface area contributed by atoms with E-state index in [1.807, 2.05) is 71.1 Å². The van der Waals surface area contributed by atoms with E-state index in [2.05, 4.69) is 53.2 Å². The van der Waals surface area contributed by atoms with Crippen molar-refractivity contribution in [2.24, 2.45) is 17.3 Å². The molecule has 0 unspecified atom stereocenters. The van der Waals surface area contributed by atoms with E-state index in [9.17, 15) is 29.1 Å². The van der Waals surface area contributed by atoms with Crippen LogP contribution in [0.25, 0.3) is 33.3 Å². The molecule has 3 aliphatic heterocycles. The zero-order chi connectivity index (χ0) is 50.1. The minimum atomic E-state index is -1.17. The van der Waals surface area contributed by atoms with Crippen LogP contribution in [0.15, 0.2) is 54.9 Å². The molecule has 2 aromatic heterocycles. The van der Waals surface area contributed by atoms with Crippen LogP contribution in [0.1, 0.15) is 84.4 Å². The number of rotatable bonds is 11. The highest BCUT2D eigenvalue weighted by molar-refractivity contribution is 7.59. The molecule has 404 valence electrons. The normalized spacial score (nSPS) is 19.4. The maximum Gasteiger partial charge on any atom is 0.324 e. The highest BCUT2D eigenvalue weighted by Crippen LogP contribution is 2.41.